The van der Waals surface area contributed by atoms with Crippen molar-refractivity contribution in [1.29, 1.82) is 0 Å². The van der Waals surface area contributed by atoms with Crippen LogP contribution < -0.4 is 10.0 Å². The van der Waals surface area contributed by atoms with Gasteiger partial charge in [0.2, 0.25) is 15.9 Å². The zero-order valence-corrected chi connectivity index (χ0v) is 15.2. The van der Waals surface area contributed by atoms with Gasteiger partial charge in [0.05, 0.1) is 17.1 Å². The Balaban J connectivity index is 2.03. The van der Waals surface area contributed by atoms with Crippen molar-refractivity contribution in [2.75, 3.05) is 11.9 Å². The molecule has 5 nitrogen and oxygen atoms in total. The molecule has 2 rings (SSSR count). The fraction of sp³-hybridized carbons (Fsp3) is 0.188. The highest BCUT2D eigenvalue weighted by molar-refractivity contribution is 9.10. The van der Waals surface area contributed by atoms with Crippen molar-refractivity contribution in [1.82, 2.24) is 4.72 Å². The van der Waals surface area contributed by atoms with Gasteiger partial charge >= 0.3 is 0 Å². The molecule has 0 aliphatic heterocycles. The molecule has 0 aliphatic carbocycles. The summed E-state index contributed by atoms with van der Waals surface area (Å²) in [5.74, 6) is -0.440. The second kappa shape index (κ2) is 7.25. The van der Waals surface area contributed by atoms with E-state index >= 15 is 0 Å². The highest BCUT2D eigenvalue weighted by Crippen LogP contribution is 2.21. The second-order valence-electron chi connectivity index (χ2n) is 5.10. The van der Waals surface area contributed by atoms with Gasteiger partial charge in [0.1, 0.15) is 0 Å². The third-order valence-electron chi connectivity index (χ3n) is 3.36. The predicted octanol–water partition coefficient (Wildman–Crippen LogP) is 2.98. The van der Waals surface area contributed by atoms with Crippen LogP contribution in [-0.4, -0.2) is 20.9 Å². The van der Waals surface area contributed by atoms with Crippen LogP contribution in [0.15, 0.2) is 51.8 Å². The third kappa shape index (κ3) is 4.63. The molecule has 0 unspecified atom stereocenters. The number of halogens is 1. The Bertz CT molecular complexity index is 835. The average molecular weight is 397 g/mol. The lowest BCUT2D eigenvalue weighted by molar-refractivity contribution is -0.115. The van der Waals surface area contributed by atoms with Crippen LogP contribution in [0.4, 0.5) is 5.69 Å². The van der Waals surface area contributed by atoms with Crippen LogP contribution in [0.5, 0.6) is 0 Å². The van der Waals surface area contributed by atoms with Gasteiger partial charge in [-0.2, -0.15) is 0 Å². The first-order valence-electron chi connectivity index (χ1n) is 6.91. The quantitative estimate of drug-likeness (QED) is 0.815. The van der Waals surface area contributed by atoms with E-state index in [0.29, 0.717) is 5.69 Å². The fourth-order valence-corrected chi connectivity index (χ4v) is 3.33. The van der Waals surface area contributed by atoms with Gasteiger partial charge in [-0.1, -0.05) is 18.2 Å². The first kappa shape index (κ1) is 17.7. The van der Waals surface area contributed by atoms with Gasteiger partial charge in [-0.05, 0) is 65.2 Å². The Morgan fingerprint density at radius 3 is 2.43 bits per heavy atom. The third-order valence-corrected chi connectivity index (χ3v) is 5.45. The van der Waals surface area contributed by atoms with Crippen molar-refractivity contribution >= 4 is 37.5 Å². The van der Waals surface area contributed by atoms with Gasteiger partial charge in [-0.15, -0.1) is 0 Å². The number of carbonyl (C=O) groups is 1. The van der Waals surface area contributed by atoms with Crippen LogP contribution in [0.25, 0.3) is 0 Å². The van der Waals surface area contributed by atoms with Gasteiger partial charge in [0.25, 0.3) is 0 Å². The minimum atomic E-state index is -3.72. The molecule has 0 heterocycles. The van der Waals surface area contributed by atoms with Crippen molar-refractivity contribution in [2.45, 2.75) is 18.7 Å². The van der Waals surface area contributed by atoms with E-state index in [1.54, 1.807) is 30.3 Å². The molecular weight excluding hydrogens is 380 g/mol. The van der Waals surface area contributed by atoms with Gasteiger partial charge in [-0.25, -0.2) is 13.1 Å². The summed E-state index contributed by atoms with van der Waals surface area (Å²) in [5.41, 5.74) is 2.48. The largest absolute Gasteiger partial charge is 0.324 e. The van der Waals surface area contributed by atoms with Gasteiger partial charge < -0.3 is 5.32 Å². The second-order valence-corrected chi connectivity index (χ2v) is 7.72. The lowest BCUT2D eigenvalue weighted by atomic mass is 10.1. The lowest BCUT2D eigenvalue weighted by Gasteiger charge is -2.10. The Kier molecular flexibility index (Phi) is 5.56. The van der Waals surface area contributed by atoms with Gasteiger partial charge in [0.15, 0.2) is 0 Å². The predicted molar refractivity (Wildman–Crippen MR) is 93.9 cm³/mol. The molecule has 122 valence electrons. The van der Waals surface area contributed by atoms with Crippen molar-refractivity contribution in [3.05, 3.63) is 58.1 Å². The molecule has 23 heavy (non-hydrogen) atoms. The van der Waals surface area contributed by atoms with Crippen LogP contribution in [0.1, 0.15) is 11.1 Å². The molecule has 0 atom stereocenters. The van der Waals surface area contributed by atoms with E-state index in [0.717, 1.165) is 15.6 Å². The SMILES string of the molecule is Cc1ccc(S(=O)(=O)NCC(=O)Nc2ccccc2Br)cc1C. The number of hydrogen-bond acceptors (Lipinski definition) is 3. The fourth-order valence-electron chi connectivity index (χ4n) is 1.88. The zero-order valence-electron chi connectivity index (χ0n) is 12.8. The first-order chi connectivity index (χ1) is 10.8. The van der Waals surface area contributed by atoms with Crippen LogP contribution >= 0.6 is 15.9 Å². The average Bonchev–Trinajstić information content (AvgIpc) is 2.50. The van der Waals surface area contributed by atoms with E-state index in [9.17, 15) is 13.2 Å². The summed E-state index contributed by atoms with van der Waals surface area (Å²) in [6.45, 7) is 3.41. The van der Waals surface area contributed by atoms with Crippen molar-refractivity contribution in [3.8, 4) is 0 Å². The van der Waals surface area contributed by atoms with Crippen LogP contribution in [-0.2, 0) is 14.8 Å². The monoisotopic (exact) mass is 396 g/mol. The molecule has 2 N–H and O–H groups in total. The molecule has 0 saturated heterocycles. The van der Waals surface area contributed by atoms with E-state index in [1.165, 1.54) is 6.07 Å². The summed E-state index contributed by atoms with van der Waals surface area (Å²) >= 11 is 3.31. The number of carbonyl (C=O) groups excluding carboxylic acids is 1. The van der Waals surface area contributed by atoms with E-state index in [1.807, 2.05) is 19.9 Å². The number of rotatable bonds is 5. The highest BCUT2D eigenvalue weighted by Gasteiger charge is 2.16. The first-order valence-corrected chi connectivity index (χ1v) is 9.18. The Hall–Kier alpha value is -1.70. The smallest absolute Gasteiger partial charge is 0.241 e. The van der Waals surface area contributed by atoms with E-state index < -0.39 is 15.9 Å². The minimum absolute atomic E-state index is 0.147. The molecular formula is C16H17BrN2O3S. The summed E-state index contributed by atoms with van der Waals surface area (Å²) in [5, 5.41) is 2.64. The molecule has 0 fully saturated rings. The molecule has 0 radical (unpaired) electrons. The lowest BCUT2D eigenvalue weighted by Crippen LogP contribution is -2.33. The number of aryl methyl sites for hydroxylation is 2. The maximum Gasteiger partial charge on any atom is 0.241 e. The maximum atomic E-state index is 12.2. The molecule has 2 aromatic rings. The van der Waals surface area contributed by atoms with Crippen LogP contribution in [0.2, 0.25) is 0 Å². The topological polar surface area (TPSA) is 75.3 Å². The Labute approximate surface area is 144 Å². The molecule has 0 aliphatic rings. The highest BCUT2D eigenvalue weighted by atomic mass is 79.9. The summed E-state index contributed by atoms with van der Waals surface area (Å²) < 4.78 is 27.5. The molecule has 0 aromatic heterocycles. The minimum Gasteiger partial charge on any atom is -0.324 e. The standard InChI is InChI=1S/C16H17BrN2O3S/c1-11-7-8-13(9-12(11)2)23(21,22)18-10-16(20)19-15-6-4-3-5-14(15)17/h3-9,18H,10H2,1-2H3,(H,19,20). The number of amides is 1. The number of hydrogen-bond donors (Lipinski definition) is 2. The van der Waals surface area contributed by atoms with Crippen molar-refractivity contribution < 1.29 is 13.2 Å². The normalized spacial score (nSPS) is 11.3. The van der Waals surface area contributed by atoms with E-state index in [-0.39, 0.29) is 11.4 Å². The summed E-state index contributed by atoms with van der Waals surface area (Å²) in [6, 6.07) is 12.0. The van der Waals surface area contributed by atoms with Crippen LogP contribution in [0, 0.1) is 13.8 Å². The molecule has 7 heteroatoms. The Morgan fingerprint density at radius 1 is 1.09 bits per heavy atom. The molecule has 2 aromatic carbocycles. The van der Waals surface area contributed by atoms with Crippen molar-refractivity contribution in [2.24, 2.45) is 0 Å². The summed E-state index contributed by atoms with van der Waals surface area (Å²) in [7, 11) is -3.72. The number of anilines is 1. The van der Waals surface area contributed by atoms with Crippen LogP contribution in [0.3, 0.4) is 0 Å². The summed E-state index contributed by atoms with van der Waals surface area (Å²) in [6.07, 6.45) is 0. The Morgan fingerprint density at radius 2 is 1.78 bits per heavy atom. The van der Waals surface area contributed by atoms with E-state index in [4.69, 9.17) is 0 Å². The molecule has 0 bridgehead atoms. The van der Waals surface area contributed by atoms with E-state index in [2.05, 4.69) is 26.0 Å². The number of para-hydroxylation sites is 1. The summed E-state index contributed by atoms with van der Waals surface area (Å²) in [4.78, 5) is 12.1. The maximum absolute atomic E-state index is 12.2. The zero-order chi connectivity index (χ0) is 17.0. The number of nitrogens with one attached hydrogen (secondary N) is 2. The number of sulfonamides is 1. The molecule has 1 amide bonds. The number of benzene rings is 2. The van der Waals surface area contributed by atoms with Gasteiger partial charge in [-0.3, -0.25) is 4.79 Å². The van der Waals surface area contributed by atoms with Gasteiger partial charge in [0, 0.05) is 4.47 Å². The molecule has 0 spiro atoms. The molecule has 0 saturated carbocycles. The van der Waals surface area contributed by atoms with Crippen molar-refractivity contribution in [3.63, 3.8) is 0 Å².